The minimum absolute atomic E-state index is 0.0198. The quantitative estimate of drug-likeness (QED) is 0.493. The lowest BCUT2D eigenvalue weighted by molar-refractivity contribution is -0.122. The average Bonchev–Trinajstić information content (AvgIpc) is 2.79. The molecule has 0 aromatic heterocycles. The van der Waals surface area contributed by atoms with Gasteiger partial charge in [-0.1, -0.05) is 66.2 Å². The molecular formula is C25H25ClN2O4S. The summed E-state index contributed by atoms with van der Waals surface area (Å²) in [5, 5.41) is 6.15. The third kappa shape index (κ3) is 6.66. The number of benzene rings is 3. The van der Waals surface area contributed by atoms with Crippen molar-refractivity contribution in [1.82, 2.24) is 10.6 Å². The van der Waals surface area contributed by atoms with Crippen molar-refractivity contribution in [2.75, 3.05) is 6.26 Å². The van der Waals surface area contributed by atoms with Gasteiger partial charge in [0.15, 0.2) is 9.84 Å². The molecule has 172 valence electrons. The summed E-state index contributed by atoms with van der Waals surface area (Å²) in [4.78, 5) is 25.9. The van der Waals surface area contributed by atoms with E-state index < -0.39 is 15.9 Å². The van der Waals surface area contributed by atoms with Crippen LogP contribution in [0.15, 0.2) is 83.8 Å². The number of nitrogens with one attached hydrogen (secondary N) is 2. The predicted molar refractivity (Wildman–Crippen MR) is 129 cm³/mol. The van der Waals surface area contributed by atoms with Gasteiger partial charge in [-0.2, -0.15) is 0 Å². The molecule has 0 unspecified atom stereocenters. The van der Waals surface area contributed by atoms with Crippen LogP contribution in [0, 0.1) is 0 Å². The first kappa shape index (κ1) is 24.5. The summed E-state index contributed by atoms with van der Waals surface area (Å²) >= 11 is 6.15. The highest BCUT2D eigenvalue weighted by atomic mass is 35.5. The van der Waals surface area contributed by atoms with E-state index in [0.717, 1.165) is 17.4 Å². The summed E-state index contributed by atoms with van der Waals surface area (Å²) < 4.78 is 23.3. The van der Waals surface area contributed by atoms with E-state index in [-0.39, 0.29) is 29.2 Å². The number of carbonyl (C=O) groups excluding carboxylic acids is 2. The third-order valence-corrected chi connectivity index (χ3v) is 6.66. The maximum Gasteiger partial charge on any atom is 0.253 e. The van der Waals surface area contributed by atoms with Crippen molar-refractivity contribution in [3.05, 3.63) is 101 Å². The Hall–Kier alpha value is -3.16. The maximum absolute atomic E-state index is 12.8. The van der Waals surface area contributed by atoms with Gasteiger partial charge in [0.1, 0.15) is 0 Å². The molecule has 2 N–H and O–H groups in total. The molecule has 0 spiro atoms. The van der Waals surface area contributed by atoms with Crippen LogP contribution in [0.5, 0.6) is 0 Å². The normalized spacial score (nSPS) is 13.1. The Morgan fingerprint density at radius 3 is 2.06 bits per heavy atom. The minimum atomic E-state index is -3.29. The Morgan fingerprint density at radius 1 is 0.848 bits per heavy atom. The smallest absolute Gasteiger partial charge is 0.253 e. The van der Waals surface area contributed by atoms with Crippen molar-refractivity contribution in [2.24, 2.45) is 0 Å². The lowest BCUT2D eigenvalue weighted by atomic mass is 10.0. The van der Waals surface area contributed by atoms with Gasteiger partial charge < -0.3 is 10.6 Å². The molecule has 0 radical (unpaired) electrons. The fourth-order valence-electron chi connectivity index (χ4n) is 3.39. The van der Waals surface area contributed by atoms with Crippen molar-refractivity contribution in [3.63, 3.8) is 0 Å². The molecule has 0 aliphatic carbocycles. The number of carbonyl (C=O) groups is 2. The zero-order valence-electron chi connectivity index (χ0n) is 18.3. The molecule has 3 rings (SSSR count). The fourth-order valence-corrected chi connectivity index (χ4v) is 4.24. The molecule has 0 heterocycles. The molecule has 3 aromatic rings. The van der Waals surface area contributed by atoms with Crippen LogP contribution in [-0.2, 0) is 14.6 Å². The standard InChI is InChI=1S/C25H25ClN2O4S/c1-17(18-12-14-20(15-13-18)33(2,31)32)27-24(29)16-23(19-8-4-3-5-9-19)28-25(30)21-10-6-7-11-22(21)26/h3-15,17,23H,16H2,1-2H3,(H,27,29)(H,28,30)/t17-,23+/m1/s1. The van der Waals surface area contributed by atoms with Gasteiger partial charge >= 0.3 is 0 Å². The van der Waals surface area contributed by atoms with E-state index in [4.69, 9.17) is 11.6 Å². The van der Waals surface area contributed by atoms with E-state index in [2.05, 4.69) is 10.6 Å². The molecule has 33 heavy (non-hydrogen) atoms. The molecule has 0 aliphatic heterocycles. The summed E-state index contributed by atoms with van der Waals surface area (Å²) in [6.45, 7) is 1.81. The molecule has 2 atom stereocenters. The van der Waals surface area contributed by atoms with Crippen molar-refractivity contribution in [2.45, 2.75) is 30.3 Å². The lowest BCUT2D eigenvalue weighted by Gasteiger charge is -2.21. The SMILES string of the molecule is C[C@@H](NC(=O)C[C@H](NC(=O)c1ccccc1Cl)c1ccccc1)c1ccc(S(C)(=O)=O)cc1. The van der Waals surface area contributed by atoms with Gasteiger partial charge in [0.05, 0.1) is 34.0 Å². The van der Waals surface area contributed by atoms with Crippen LogP contribution in [0.4, 0.5) is 0 Å². The van der Waals surface area contributed by atoms with E-state index in [1.165, 1.54) is 12.1 Å². The molecule has 0 fully saturated rings. The summed E-state index contributed by atoms with van der Waals surface area (Å²) in [6, 6.07) is 21.4. The van der Waals surface area contributed by atoms with Crippen LogP contribution in [0.3, 0.4) is 0 Å². The summed E-state index contributed by atoms with van der Waals surface area (Å²) in [7, 11) is -3.29. The lowest BCUT2D eigenvalue weighted by Crippen LogP contribution is -2.34. The van der Waals surface area contributed by atoms with E-state index in [0.29, 0.717) is 10.6 Å². The first-order chi connectivity index (χ1) is 15.6. The molecule has 8 heteroatoms. The van der Waals surface area contributed by atoms with E-state index in [9.17, 15) is 18.0 Å². The topological polar surface area (TPSA) is 92.3 Å². The third-order valence-electron chi connectivity index (χ3n) is 5.20. The summed E-state index contributed by atoms with van der Waals surface area (Å²) in [6.07, 6.45) is 1.17. The first-order valence-electron chi connectivity index (χ1n) is 10.3. The predicted octanol–water partition coefficient (Wildman–Crippen LogP) is 4.48. The van der Waals surface area contributed by atoms with Gasteiger partial charge in [-0.05, 0) is 42.3 Å². The fraction of sp³-hybridized carbons (Fsp3) is 0.200. The van der Waals surface area contributed by atoms with Gasteiger partial charge in [-0.25, -0.2) is 8.42 Å². The highest BCUT2D eigenvalue weighted by Gasteiger charge is 2.21. The highest BCUT2D eigenvalue weighted by molar-refractivity contribution is 7.90. The molecule has 3 aromatic carbocycles. The Bertz CT molecular complexity index is 1230. The van der Waals surface area contributed by atoms with E-state index in [1.807, 2.05) is 37.3 Å². The molecule has 0 saturated carbocycles. The Kier molecular flexibility index (Phi) is 7.89. The largest absolute Gasteiger partial charge is 0.350 e. The molecule has 6 nitrogen and oxygen atoms in total. The zero-order valence-corrected chi connectivity index (χ0v) is 19.9. The van der Waals surface area contributed by atoms with Gasteiger partial charge in [0, 0.05) is 6.26 Å². The maximum atomic E-state index is 12.8. The van der Waals surface area contributed by atoms with Crippen molar-refractivity contribution in [3.8, 4) is 0 Å². The highest BCUT2D eigenvalue weighted by Crippen LogP contribution is 2.22. The number of rotatable bonds is 8. The van der Waals surface area contributed by atoms with Crippen LogP contribution in [0.1, 0.15) is 46.9 Å². The van der Waals surface area contributed by atoms with Crippen LogP contribution in [-0.4, -0.2) is 26.5 Å². The van der Waals surface area contributed by atoms with Crippen LogP contribution >= 0.6 is 11.6 Å². The average molecular weight is 485 g/mol. The van der Waals surface area contributed by atoms with E-state index >= 15 is 0 Å². The number of hydrogen-bond acceptors (Lipinski definition) is 4. The van der Waals surface area contributed by atoms with E-state index in [1.54, 1.807) is 36.4 Å². The summed E-state index contributed by atoms with van der Waals surface area (Å²) in [5.74, 6) is -0.630. The van der Waals surface area contributed by atoms with Gasteiger partial charge in [-0.15, -0.1) is 0 Å². The second-order valence-corrected chi connectivity index (χ2v) is 10.2. The zero-order chi connectivity index (χ0) is 24.0. The first-order valence-corrected chi connectivity index (χ1v) is 12.6. The molecular weight excluding hydrogens is 460 g/mol. The summed E-state index contributed by atoms with van der Waals surface area (Å²) in [5.41, 5.74) is 1.89. The minimum Gasteiger partial charge on any atom is -0.350 e. The van der Waals surface area contributed by atoms with Crippen molar-refractivity contribution < 1.29 is 18.0 Å². The molecule has 2 amide bonds. The van der Waals surface area contributed by atoms with Crippen LogP contribution in [0.2, 0.25) is 5.02 Å². The monoisotopic (exact) mass is 484 g/mol. The Balaban J connectivity index is 1.72. The number of halogens is 1. The molecule has 0 bridgehead atoms. The molecule has 0 aliphatic rings. The van der Waals surface area contributed by atoms with Gasteiger partial charge in [0.25, 0.3) is 5.91 Å². The second kappa shape index (κ2) is 10.6. The van der Waals surface area contributed by atoms with Crippen molar-refractivity contribution >= 4 is 33.3 Å². The number of hydrogen-bond donors (Lipinski definition) is 2. The van der Waals surface area contributed by atoms with Gasteiger partial charge in [0.2, 0.25) is 5.91 Å². The van der Waals surface area contributed by atoms with Gasteiger partial charge in [-0.3, -0.25) is 9.59 Å². The number of amides is 2. The number of sulfone groups is 1. The van der Waals surface area contributed by atoms with Crippen LogP contribution in [0.25, 0.3) is 0 Å². The van der Waals surface area contributed by atoms with Crippen molar-refractivity contribution in [1.29, 1.82) is 0 Å². The Morgan fingerprint density at radius 2 is 1.45 bits per heavy atom. The molecule has 0 saturated heterocycles. The second-order valence-electron chi connectivity index (χ2n) is 7.75. The Labute approximate surface area is 198 Å². The van der Waals surface area contributed by atoms with Crippen LogP contribution < -0.4 is 10.6 Å².